The predicted molar refractivity (Wildman–Crippen MR) is 112 cm³/mol. The van der Waals surface area contributed by atoms with Crippen molar-refractivity contribution in [2.24, 2.45) is 0 Å². The lowest BCUT2D eigenvalue weighted by Crippen LogP contribution is -2.07. The summed E-state index contributed by atoms with van der Waals surface area (Å²) in [4.78, 5) is 22.6. The molecule has 1 heterocycles. The van der Waals surface area contributed by atoms with Crippen LogP contribution >= 0.6 is 0 Å². The fourth-order valence-corrected chi connectivity index (χ4v) is 2.83. The number of allylic oxidation sites excluding steroid dienone is 1. The van der Waals surface area contributed by atoms with Crippen molar-refractivity contribution in [3.63, 3.8) is 0 Å². The highest BCUT2D eigenvalue weighted by molar-refractivity contribution is 6.05. The fraction of sp³-hybridized carbons (Fsp3) is 0.182. The van der Waals surface area contributed by atoms with E-state index in [4.69, 9.17) is 9.47 Å². The minimum absolute atomic E-state index is 0.0315. The van der Waals surface area contributed by atoms with Crippen LogP contribution in [0.15, 0.2) is 60.8 Å². The van der Waals surface area contributed by atoms with E-state index < -0.39 is 4.92 Å². The number of carbonyl (C=O) groups is 1. The molecule has 0 bridgehead atoms. The van der Waals surface area contributed by atoms with E-state index in [-0.39, 0.29) is 18.1 Å². The van der Waals surface area contributed by atoms with E-state index in [1.54, 1.807) is 47.3 Å². The van der Waals surface area contributed by atoms with E-state index in [1.807, 2.05) is 13.0 Å². The molecule has 30 heavy (non-hydrogen) atoms. The molecule has 0 amide bonds. The second-order valence-electron chi connectivity index (χ2n) is 6.35. The van der Waals surface area contributed by atoms with Crippen LogP contribution in [0.3, 0.4) is 0 Å². The van der Waals surface area contributed by atoms with Gasteiger partial charge in [-0.1, -0.05) is 12.1 Å². The number of hydrogen-bond acceptors (Lipinski definition) is 6. The van der Waals surface area contributed by atoms with Crippen LogP contribution in [0.2, 0.25) is 0 Å². The zero-order chi connectivity index (χ0) is 21.5. The van der Waals surface area contributed by atoms with E-state index in [0.29, 0.717) is 23.7 Å². The number of nitrogens with zero attached hydrogens (tertiary/aromatic N) is 3. The van der Waals surface area contributed by atoms with Crippen molar-refractivity contribution >= 4 is 17.5 Å². The topological polar surface area (TPSA) is 96.5 Å². The summed E-state index contributed by atoms with van der Waals surface area (Å²) >= 11 is 0. The standard InChI is InChI=1S/C22H21N3O5/c1-3-24-19(12-13-23-24)20(26)10-6-16-7-11-21(22(14-16)29-2)30-15-17-4-8-18(9-5-17)25(27)28/h4-14H,3,15H2,1-2H3/b10-6+. The first-order chi connectivity index (χ1) is 14.5. The van der Waals surface area contributed by atoms with Gasteiger partial charge in [-0.05, 0) is 54.5 Å². The first kappa shape index (κ1) is 20.8. The number of aryl methyl sites for hydroxylation is 1. The molecule has 0 atom stereocenters. The van der Waals surface area contributed by atoms with Crippen molar-refractivity contribution in [1.29, 1.82) is 0 Å². The number of hydrogen-bond donors (Lipinski definition) is 0. The number of methoxy groups -OCH3 is 1. The third kappa shape index (κ3) is 4.91. The number of carbonyl (C=O) groups excluding carboxylic acids is 1. The summed E-state index contributed by atoms with van der Waals surface area (Å²) in [5.41, 5.74) is 2.14. The van der Waals surface area contributed by atoms with E-state index in [1.165, 1.54) is 25.3 Å². The Labute approximate surface area is 173 Å². The molecule has 3 rings (SSSR count). The van der Waals surface area contributed by atoms with Gasteiger partial charge in [0, 0.05) is 24.9 Å². The zero-order valence-electron chi connectivity index (χ0n) is 16.6. The Bertz CT molecular complexity index is 1070. The molecule has 0 unspecified atom stereocenters. The lowest BCUT2D eigenvalue weighted by molar-refractivity contribution is -0.384. The van der Waals surface area contributed by atoms with Crippen molar-refractivity contribution in [3.8, 4) is 11.5 Å². The van der Waals surface area contributed by atoms with Crippen LogP contribution in [0, 0.1) is 10.1 Å². The summed E-state index contributed by atoms with van der Waals surface area (Å²) in [6.07, 6.45) is 4.80. The van der Waals surface area contributed by atoms with Crippen LogP contribution < -0.4 is 9.47 Å². The highest BCUT2D eigenvalue weighted by Crippen LogP contribution is 2.29. The summed E-state index contributed by atoms with van der Waals surface area (Å²) in [7, 11) is 1.53. The van der Waals surface area contributed by atoms with Gasteiger partial charge in [-0.2, -0.15) is 5.10 Å². The van der Waals surface area contributed by atoms with Crippen molar-refractivity contribution in [1.82, 2.24) is 9.78 Å². The molecule has 0 N–H and O–H groups in total. The van der Waals surface area contributed by atoms with Gasteiger partial charge in [0.1, 0.15) is 12.3 Å². The number of ether oxygens (including phenoxy) is 2. The Morgan fingerprint density at radius 2 is 1.93 bits per heavy atom. The van der Waals surface area contributed by atoms with Crippen molar-refractivity contribution in [2.75, 3.05) is 7.11 Å². The molecule has 0 saturated carbocycles. The highest BCUT2D eigenvalue weighted by atomic mass is 16.6. The molecule has 0 radical (unpaired) electrons. The van der Waals surface area contributed by atoms with Crippen LogP contribution in [0.25, 0.3) is 6.08 Å². The number of aromatic nitrogens is 2. The Morgan fingerprint density at radius 3 is 2.60 bits per heavy atom. The SMILES string of the molecule is CCn1nccc1C(=O)/C=C/c1ccc(OCc2ccc([N+](=O)[O-])cc2)c(OC)c1. The molecule has 1 aromatic heterocycles. The first-order valence-electron chi connectivity index (χ1n) is 9.30. The van der Waals surface area contributed by atoms with Gasteiger partial charge in [0.05, 0.1) is 12.0 Å². The maximum Gasteiger partial charge on any atom is 0.269 e. The highest BCUT2D eigenvalue weighted by Gasteiger charge is 2.10. The van der Waals surface area contributed by atoms with E-state index in [2.05, 4.69) is 5.10 Å². The van der Waals surface area contributed by atoms with Gasteiger partial charge in [-0.15, -0.1) is 0 Å². The number of non-ortho nitro benzene ring substituents is 1. The molecule has 3 aromatic rings. The van der Waals surface area contributed by atoms with Crippen molar-refractivity contribution in [3.05, 3.63) is 87.7 Å². The Hall–Kier alpha value is -3.94. The molecule has 0 aliphatic heterocycles. The van der Waals surface area contributed by atoms with Crippen LogP contribution in [0.4, 0.5) is 5.69 Å². The molecule has 154 valence electrons. The molecule has 0 saturated heterocycles. The van der Waals surface area contributed by atoms with Gasteiger partial charge < -0.3 is 9.47 Å². The summed E-state index contributed by atoms with van der Waals surface area (Å²) in [6.45, 7) is 2.79. The van der Waals surface area contributed by atoms with Crippen molar-refractivity contribution < 1.29 is 19.2 Å². The van der Waals surface area contributed by atoms with Crippen LogP contribution in [-0.4, -0.2) is 27.6 Å². The maximum atomic E-state index is 12.4. The smallest absolute Gasteiger partial charge is 0.269 e. The molecular weight excluding hydrogens is 386 g/mol. The van der Waals surface area contributed by atoms with Crippen LogP contribution in [0.1, 0.15) is 28.5 Å². The molecular formula is C22H21N3O5. The molecule has 2 aromatic carbocycles. The molecule has 0 aliphatic rings. The van der Waals surface area contributed by atoms with Gasteiger partial charge in [0.25, 0.3) is 5.69 Å². The summed E-state index contributed by atoms with van der Waals surface area (Å²) in [5, 5.41) is 14.8. The summed E-state index contributed by atoms with van der Waals surface area (Å²) < 4.78 is 12.8. The number of benzene rings is 2. The fourth-order valence-electron chi connectivity index (χ4n) is 2.83. The lowest BCUT2D eigenvalue weighted by atomic mass is 10.1. The number of nitro groups is 1. The van der Waals surface area contributed by atoms with Gasteiger partial charge in [0.2, 0.25) is 5.78 Å². The Kier molecular flexibility index (Phi) is 6.59. The minimum atomic E-state index is -0.444. The quantitative estimate of drug-likeness (QED) is 0.227. The third-order valence-corrected chi connectivity index (χ3v) is 4.42. The molecule has 0 aliphatic carbocycles. The van der Waals surface area contributed by atoms with E-state index in [0.717, 1.165) is 11.1 Å². The number of nitro benzene ring substituents is 1. The lowest BCUT2D eigenvalue weighted by Gasteiger charge is -2.11. The third-order valence-electron chi connectivity index (χ3n) is 4.42. The normalized spacial score (nSPS) is 10.9. The van der Waals surface area contributed by atoms with Crippen LogP contribution in [0.5, 0.6) is 11.5 Å². The van der Waals surface area contributed by atoms with Gasteiger partial charge in [0.15, 0.2) is 11.5 Å². The van der Waals surface area contributed by atoms with E-state index in [9.17, 15) is 14.9 Å². The Balaban J connectivity index is 1.68. The summed E-state index contributed by atoms with van der Waals surface area (Å²) in [5.74, 6) is 0.917. The first-order valence-corrected chi connectivity index (χ1v) is 9.30. The second kappa shape index (κ2) is 9.51. The van der Waals surface area contributed by atoms with Gasteiger partial charge in [-0.3, -0.25) is 19.6 Å². The van der Waals surface area contributed by atoms with Crippen molar-refractivity contribution in [2.45, 2.75) is 20.1 Å². The average Bonchev–Trinajstić information content (AvgIpc) is 3.25. The van der Waals surface area contributed by atoms with E-state index >= 15 is 0 Å². The summed E-state index contributed by atoms with van der Waals surface area (Å²) in [6, 6.07) is 13.2. The average molecular weight is 407 g/mol. The number of rotatable bonds is 9. The number of ketones is 1. The monoisotopic (exact) mass is 407 g/mol. The zero-order valence-corrected chi connectivity index (χ0v) is 16.6. The van der Waals surface area contributed by atoms with Gasteiger partial charge in [-0.25, -0.2) is 0 Å². The predicted octanol–water partition coefficient (Wildman–Crippen LogP) is 4.29. The molecule has 0 fully saturated rings. The maximum absolute atomic E-state index is 12.4. The molecule has 8 nitrogen and oxygen atoms in total. The Morgan fingerprint density at radius 1 is 1.17 bits per heavy atom. The largest absolute Gasteiger partial charge is 0.493 e. The molecule has 0 spiro atoms. The van der Waals surface area contributed by atoms with Crippen LogP contribution in [-0.2, 0) is 13.2 Å². The molecule has 8 heteroatoms. The van der Waals surface area contributed by atoms with Gasteiger partial charge >= 0.3 is 0 Å². The second-order valence-corrected chi connectivity index (χ2v) is 6.35. The minimum Gasteiger partial charge on any atom is -0.493 e.